The van der Waals surface area contributed by atoms with Crippen LogP contribution in [0.1, 0.15) is 5.76 Å². The van der Waals surface area contributed by atoms with Crippen molar-refractivity contribution < 1.29 is 8.81 Å². The van der Waals surface area contributed by atoms with Crippen molar-refractivity contribution in [2.45, 2.75) is 0 Å². The summed E-state index contributed by atoms with van der Waals surface area (Å²) in [5.74, 6) is 0.853. The maximum absolute atomic E-state index is 13.5. The van der Waals surface area contributed by atoms with Crippen LogP contribution in [0, 0.1) is 5.82 Å². The van der Waals surface area contributed by atoms with E-state index in [9.17, 15) is 9.18 Å². The molecule has 0 aliphatic rings. The molecular weight excluding hydrogens is 447 g/mol. The Balaban J connectivity index is 1.50. The van der Waals surface area contributed by atoms with E-state index < -0.39 is 0 Å². The van der Waals surface area contributed by atoms with Crippen LogP contribution < -0.4 is 10.1 Å². The molecule has 4 nitrogen and oxygen atoms in total. The summed E-state index contributed by atoms with van der Waals surface area (Å²) >= 11 is 1.32. The lowest BCUT2D eigenvalue weighted by Gasteiger charge is -2.04. The van der Waals surface area contributed by atoms with Gasteiger partial charge in [-0.1, -0.05) is 72.0 Å². The minimum atomic E-state index is -0.302. The Morgan fingerprint density at radius 3 is 2.18 bits per heavy atom. The van der Waals surface area contributed by atoms with Gasteiger partial charge in [0.25, 0.3) is 5.56 Å². The first-order valence-electron chi connectivity index (χ1n) is 10.7. The Kier molecular flexibility index (Phi) is 4.93. The van der Waals surface area contributed by atoms with Crippen LogP contribution in [-0.2, 0) is 0 Å². The van der Waals surface area contributed by atoms with Gasteiger partial charge in [-0.05, 0) is 36.4 Å². The normalized spacial score (nSPS) is 12.0. The van der Waals surface area contributed by atoms with Crippen LogP contribution in [0.15, 0.2) is 106 Å². The third-order valence-corrected chi connectivity index (χ3v) is 6.55. The SMILES string of the molecule is O=c1c(=Cc2ccc(-c3ccc(F)cc3)o2)sc2nc(-c3ccccc3)c(-c3ccccc3)n12. The van der Waals surface area contributed by atoms with Gasteiger partial charge in [-0.15, -0.1) is 0 Å². The van der Waals surface area contributed by atoms with Crippen LogP contribution in [0.5, 0.6) is 0 Å². The molecule has 3 aromatic heterocycles. The van der Waals surface area contributed by atoms with Gasteiger partial charge in [0.05, 0.1) is 11.4 Å². The molecule has 0 bridgehead atoms. The van der Waals surface area contributed by atoms with Crippen LogP contribution in [0.2, 0.25) is 0 Å². The molecule has 6 heteroatoms. The molecule has 0 N–H and O–H groups in total. The van der Waals surface area contributed by atoms with E-state index in [1.165, 1.54) is 23.5 Å². The molecule has 0 aliphatic carbocycles. The van der Waals surface area contributed by atoms with Gasteiger partial charge in [0.2, 0.25) is 0 Å². The first kappa shape index (κ1) is 20.3. The van der Waals surface area contributed by atoms with Gasteiger partial charge in [-0.2, -0.15) is 0 Å². The lowest BCUT2D eigenvalue weighted by Crippen LogP contribution is -2.23. The fourth-order valence-electron chi connectivity index (χ4n) is 3.99. The second-order valence-electron chi connectivity index (χ2n) is 7.78. The summed E-state index contributed by atoms with van der Waals surface area (Å²) in [5, 5.41) is 0. The first-order chi connectivity index (χ1) is 16.7. The number of thiazole rings is 1. The average molecular weight is 465 g/mol. The summed E-state index contributed by atoms with van der Waals surface area (Å²) < 4.78 is 21.3. The molecule has 6 rings (SSSR count). The van der Waals surface area contributed by atoms with E-state index in [1.807, 2.05) is 66.7 Å². The van der Waals surface area contributed by atoms with Crippen molar-refractivity contribution in [3.05, 3.63) is 124 Å². The summed E-state index contributed by atoms with van der Waals surface area (Å²) in [6.07, 6.45) is 1.73. The zero-order valence-corrected chi connectivity index (χ0v) is 18.6. The maximum atomic E-state index is 13.5. The van der Waals surface area contributed by atoms with Crippen LogP contribution >= 0.6 is 11.3 Å². The molecule has 164 valence electrons. The van der Waals surface area contributed by atoms with E-state index in [4.69, 9.17) is 9.40 Å². The van der Waals surface area contributed by atoms with Gasteiger partial charge in [-0.25, -0.2) is 13.8 Å². The van der Waals surface area contributed by atoms with Crippen LogP contribution in [0.4, 0.5) is 4.39 Å². The smallest absolute Gasteiger partial charge is 0.275 e. The molecule has 0 saturated heterocycles. The summed E-state index contributed by atoms with van der Waals surface area (Å²) in [4.78, 5) is 19.0. The quantitative estimate of drug-likeness (QED) is 0.320. The van der Waals surface area contributed by atoms with E-state index in [1.54, 1.807) is 28.7 Å². The lowest BCUT2D eigenvalue weighted by atomic mass is 10.1. The minimum absolute atomic E-state index is 0.145. The molecule has 3 aromatic carbocycles. The molecule has 3 heterocycles. The fraction of sp³-hybridized carbons (Fsp3) is 0. The monoisotopic (exact) mass is 464 g/mol. The van der Waals surface area contributed by atoms with Gasteiger partial charge < -0.3 is 4.42 Å². The Morgan fingerprint density at radius 1 is 0.794 bits per heavy atom. The third-order valence-electron chi connectivity index (χ3n) is 5.59. The van der Waals surface area contributed by atoms with E-state index in [0.717, 1.165) is 28.1 Å². The van der Waals surface area contributed by atoms with Gasteiger partial charge in [0.15, 0.2) is 4.96 Å². The van der Waals surface area contributed by atoms with Crippen molar-refractivity contribution >= 4 is 22.4 Å². The predicted octanol–water partition coefficient (Wildman–Crippen LogP) is 6.04. The van der Waals surface area contributed by atoms with Crippen LogP contribution in [-0.4, -0.2) is 9.38 Å². The summed E-state index contributed by atoms with van der Waals surface area (Å²) in [7, 11) is 0. The van der Waals surface area contributed by atoms with Gasteiger partial charge >= 0.3 is 0 Å². The highest BCUT2D eigenvalue weighted by molar-refractivity contribution is 7.15. The number of hydrogen-bond donors (Lipinski definition) is 0. The number of fused-ring (bicyclic) bond motifs is 1. The van der Waals surface area contributed by atoms with Crippen LogP contribution in [0.25, 0.3) is 44.9 Å². The number of hydrogen-bond acceptors (Lipinski definition) is 4. The molecular formula is C28H17FN2O2S. The van der Waals surface area contributed by atoms with Crippen molar-refractivity contribution in [1.29, 1.82) is 0 Å². The zero-order valence-electron chi connectivity index (χ0n) is 17.8. The molecule has 0 amide bonds. The van der Waals surface area contributed by atoms with Crippen molar-refractivity contribution in [3.63, 3.8) is 0 Å². The molecule has 0 atom stereocenters. The number of rotatable bonds is 4. The average Bonchev–Trinajstić information content (AvgIpc) is 3.57. The standard InChI is InChI=1S/C28H17FN2O2S/c29-21-13-11-18(12-14-21)23-16-15-22(33-23)17-24-27(32)31-26(20-9-5-2-6-10-20)25(30-28(31)34-24)19-7-3-1-4-8-19/h1-17H. The van der Waals surface area contributed by atoms with E-state index in [0.29, 0.717) is 21.0 Å². The zero-order chi connectivity index (χ0) is 23.1. The summed E-state index contributed by atoms with van der Waals surface area (Å²) in [6.45, 7) is 0. The van der Waals surface area contributed by atoms with Gasteiger partial charge in [0, 0.05) is 22.8 Å². The number of benzene rings is 3. The Labute approximate surface area is 197 Å². The van der Waals surface area contributed by atoms with Gasteiger partial charge in [-0.3, -0.25) is 4.79 Å². The number of nitrogens with zero attached hydrogens (tertiary/aromatic N) is 2. The minimum Gasteiger partial charge on any atom is -0.457 e. The second kappa shape index (κ2) is 8.24. The largest absolute Gasteiger partial charge is 0.457 e. The molecule has 0 fully saturated rings. The fourth-order valence-corrected chi connectivity index (χ4v) is 4.94. The molecule has 0 unspecified atom stereocenters. The molecule has 34 heavy (non-hydrogen) atoms. The van der Waals surface area contributed by atoms with Crippen molar-refractivity contribution in [2.24, 2.45) is 0 Å². The highest BCUT2D eigenvalue weighted by Gasteiger charge is 2.20. The summed E-state index contributed by atoms with van der Waals surface area (Å²) in [6, 6.07) is 29.4. The highest BCUT2D eigenvalue weighted by atomic mass is 32.1. The van der Waals surface area contributed by atoms with E-state index in [2.05, 4.69) is 0 Å². The number of halogens is 1. The number of aromatic nitrogens is 2. The molecule has 0 radical (unpaired) electrons. The molecule has 0 saturated carbocycles. The van der Waals surface area contributed by atoms with E-state index in [-0.39, 0.29) is 11.4 Å². The third kappa shape index (κ3) is 3.54. The highest BCUT2D eigenvalue weighted by Crippen LogP contribution is 2.32. The van der Waals surface area contributed by atoms with Gasteiger partial charge in [0.1, 0.15) is 21.9 Å². The summed E-state index contributed by atoms with van der Waals surface area (Å²) in [5.41, 5.74) is 4.05. The second-order valence-corrected chi connectivity index (χ2v) is 8.79. The molecule has 0 spiro atoms. The van der Waals surface area contributed by atoms with Crippen molar-refractivity contribution in [1.82, 2.24) is 9.38 Å². The molecule has 6 aromatic rings. The molecule has 0 aliphatic heterocycles. The van der Waals surface area contributed by atoms with Crippen LogP contribution in [0.3, 0.4) is 0 Å². The predicted molar refractivity (Wildman–Crippen MR) is 133 cm³/mol. The maximum Gasteiger partial charge on any atom is 0.275 e. The van der Waals surface area contributed by atoms with E-state index >= 15 is 0 Å². The number of furan rings is 1. The lowest BCUT2D eigenvalue weighted by molar-refractivity contribution is 0.571. The van der Waals surface area contributed by atoms with Crippen molar-refractivity contribution in [3.8, 4) is 33.8 Å². The Morgan fingerprint density at radius 2 is 1.47 bits per heavy atom. The topological polar surface area (TPSA) is 47.5 Å². The Hall–Kier alpha value is -4.29. The Bertz CT molecular complexity index is 1720. The first-order valence-corrected chi connectivity index (χ1v) is 11.5. The van der Waals surface area contributed by atoms with Crippen molar-refractivity contribution in [2.75, 3.05) is 0 Å². The number of imidazole rings is 1.